The van der Waals surface area contributed by atoms with Gasteiger partial charge in [-0.2, -0.15) is 5.10 Å². The summed E-state index contributed by atoms with van der Waals surface area (Å²) in [6, 6.07) is 13.3. The maximum absolute atomic E-state index is 13.3. The van der Waals surface area contributed by atoms with Crippen molar-refractivity contribution in [1.29, 1.82) is 0 Å². The molecule has 2 aromatic carbocycles. The van der Waals surface area contributed by atoms with Crippen molar-refractivity contribution in [2.24, 2.45) is 0 Å². The Morgan fingerprint density at radius 2 is 1.80 bits per heavy atom. The molecule has 0 fully saturated rings. The smallest absolute Gasteiger partial charge is 0.125 e. The van der Waals surface area contributed by atoms with Crippen molar-refractivity contribution in [2.75, 3.05) is 0 Å². The quantitative estimate of drug-likeness (QED) is 0.732. The van der Waals surface area contributed by atoms with Gasteiger partial charge in [-0.3, -0.25) is 5.10 Å². The molecule has 0 unspecified atom stereocenters. The molecule has 0 atom stereocenters. The second-order valence-corrected chi connectivity index (χ2v) is 5.25. The van der Waals surface area contributed by atoms with Crippen molar-refractivity contribution >= 4 is 15.9 Å². The average Bonchev–Trinajstić information content (AvgIpc) is 2.92. The Morgan fingerprint density at radius 1 is 1.05 bits per heavy atom. The number of H-pyrrole nitrogens is 1. The molecule has 1 heterocycles. The summed E-state index contributed by atoms with van der Waals surface area (Å²) >= 11 is 3.38. The van der Waals surface area contributed by atoms with Crippen molar-refractivity contribution in [1.82, 2.24) is 10.2 Å². The minimum Gasteiger partial charge on any atom is -0.507 e. The Hall–Kier alpha value is -2.14. The highest BCUT2D eigenvalue weighted by Gasteiger charge is 2.10. The molecule has 0 saturated heterocycles. The van der Waals surface area contributed by atoms with Crippen LogP contribution >= 0.6 is 15.9 Å². The van der Waals surface area contributed by atoms with E-state index in [1.807, 2.05) is 24.3 Å². The van der Waals surface area contributed by atoms with Crippen LogP contribution in [0.3, 0.4) is 0 Å². The topological polar surface area (TPSA) is 48.9 Å². The molecule has 3 aromatic rings. The van der Waals surface area contributed by atoms with E-state index >= 15 is 0 Å². The molecule has 0 aliphatic rings. The van der Waals surface area contributed by atoms with Crippen LogP contribution in [-0.2, 0) is 0 Å². The number of benzene rings is 2. The lowest BCUT2D eigenvalue weighted by Gasteiger charge is -2.00. The number of halogens is 2. The Balaban J connectivity index is 2.01. The first kappa shape index (κ1) is 12.9. The SMILES string of the molecule is Oc1ccc(F)cc1-c1cc(-c2ccc(Br)cc2)[nH]n1. The van der Waals surface area contributed by atoms with Crippen molar-refractivity contribution in [3.63, 3.8) is 0 Å². The maximum Gasteiger partial charge on any atom is 0.125 e. The highest BCUT2D eigenvalue weighted by Crippen LogP contribution is 2.31. The first-order valence-electron chi connectivity index (χ1n) is 5.94. The molecule has 3 nitrogen and oxygen atoms in total. The fourth-order valence-electron chi connectivity index (χ4n) is 1.95. The summed E-state index contributed by atoms with van der Waals surface area (Å²) in [6.45, 7) is 0. The molecular weight excluding hydrogens is 323 g/mol. The van der Waals surface area contributed by atoms with Gasteiger partial charge in [0.25, 0.3) is 0 Å². The van der Waals surface area contributed by atoms with Gasteiger partial charge in [0.1, 0.15) is 11.6 Å². The lowest BCUT2D eigenvalue weighted by molar-refractivity contribution is 0.475. The van der Waals surface area contributed by atoms with E-state index < -0.39 is 5.82 Å². The van der Waals surface area contributed by atoms with E-state index in [2.05, 4.69) is 26.1 Å². The maximum atomic E-state index is 13.3. The largest absolute Gasteiger partial charge is 0.507 e. The molecule has 20 heavy (non-hydrogen) atoms. The second-order valence-electron chi connectivity index (χ2n) is 4.34. The van der Waals surface area contributed by atoms with Crippen molar-refractivity contribution in [3.05, 3.63) is 58.8 Å². The lowest BCUT2D eigenvalue weighted by atomic mass is 10.1. The lowest BCUT2D eigenvalue weighted by Crippen LogP contribution is -1.81. The molecule has 0 bridgehead atoms. The van der Waals surface area contributed by atoms with Gasteiger partial charge in [0.05, 0.1) is 11.4 Å². The first-order valence-corrected chi connectivity index (χ1v) is 6.73. The van der Waals surface area contributed by atoms with E-state index in [0.29, 0.717) is 11.3 Å². The summed E-state index contributed by atoms with van der Waals surface area (Å²) in [4.78, 5) is 0. The third-order valence-corrected chi connectivity index (χ3v) is 3.50. The third kappa shape index (κ3) is 2.44. The zero-order valence-corrected chi connectivity index (χ0v) is 11.9. The monoisotopic (exact) mass is 332 g/mol. The zero-order chi connectivity index (χ0) is 14.1. The van der Waals surface area contributed by atoms with Gasteiger partial charge < -0.3 is 5.11 Å². The van der Waals surface area contributed by atoms with Crippen LogP contribution in [0.15, 0.2) is 53.0 Å². The molecule has 2 N–H and O–H groups in total. The van der Waals surface area contributed by atoms with Crippen LogP contribution in [-0.4, -0.2) is 15.3 Å². The number of aromatic hydroxyl groups is 1. The van der Waals surface area contributed by atoms with Crippen molar-refractivity contribution < 1.29 is 9.50 Å². The standard InChI is InChI=1S/C15H10BrFN2O/c16-10-3-1-9(2-4-10)13-8-14(19-18-13)12-7-11(17)5-6-15(12)20/h1-8,20H,(H,18,19). The van der Waals surface area contributed by atoms with Crippen molar-refractivity contribution in [3.8, 4) is 28.3 Å². The summed E-state index contributed by atoms with van der Waals surface area (Å²) < 4.78 is 14.2. The Kier molecular flexibility index (Phi) is 3.28. The second kappa shape index (κ2) is 5.09. The van der Waals surface area contributed by atoms with Crippen LogP contribution in [0, 0.1) is 5.82 Å². The van der Waals surface area contributed by atoms with Gasteiger partial charge in [-0.15, -0.1) is 0 Å². The van der Waals surface area contributed by atoms with E-state index in [1.165, 1.54) is 18.2 Å². The van der Waals surface area contributed by atoms with Crippen molar-refractivity contribution in [2.45, 2.75) is 0 Å². The number of nitrogens with one attached hydrogen (secondary N) is 1. The molecule has 0 saturated carbocycles. The summed E-state index contributed by atoms with van der Waals surface area (Å²) in [7, 11) is 0. The van der Waals surface area contributed by atoms with Gasteiger partial charge in [-0.25, -0.2) is 4.39 Å². The predicted octanol–water partition coefficient (Wildman–Crippen LogP) is 4.35. The Morgan fingerprint density at radius 3 is 2.55 bits per heavy atom. The molecular formula is C15H10BrFN2O. The predicted molar refractivity (Wildman–Crippen MR) is 78.8 cm³/mol. The molecule has 5 heteroatoms. The molecule has 0 radical (unpaired) electrons. The van der Waals surface area contributed by atoms with Gasteiger partial charge in [0.15, 0.2) is 0 Å². The number of aromatic amines is 1. The fourth-order valence-corrected chi connectivity index (χ4v) is 2.21. The minimum absolute atomic E-state index is 0.000237. The summed E-state index contributed by atoms with van der Waals surface area (Å²) in [5, 5.41) is 16.8. The Labute approximate surface area is 123 Å². The molecule has 100 valence electrons. The zero-order valence-electron chi connectivity index (χ0n) is 10.3. The van der Waals surface area contributed by atoms with Crippen LogP contribution in [0.5, 0.6) is 5.75 Å². The highest BCUT2D eigenvalue weighted by molar-refractivity contribution is 9.10. The molecule has 1 aromatic heterocycles. The number of phenols is 1. The molecule has 0 spiro atoms. The van der Waals surface area contributed by atoms with Gasteiger partial charge in [-0.1, -0.05) is 28.1 Å². The molecule has 0 amide bonds. The molecule has 0 aliphatic carbocycles. The fraction of sp³-hybridized carbons (Fsp3) is 0. The summed E-state index contributed by atoms with van der Waals surface area (Å²) in [5.74, 6) is -0.411. The van der Waals surface area contributed by atoms with Crippen LogP contribution in [0.2, 0.25) is 0 Å². The molecule has 3 rings (SSSR count). The first-order chi connectivity index (χ1) is 9.63. The number of hydrogen-bond donors (Lipinski definition) is 2. The van der Waals surface area contributed by atoms with Gasteiger partial charge in [0.2, 0.25) is 0 Å². The number of hydrogen-bond acceptors (Lipinski definition) is 2. The number of aromatic nitrogens is 2. The normalized spacial score (nSPS) is 10.7. The van der Waals surface area contributed by atoms with Crippen LogP contribution in [0.25, 0.3) is 22.5 Å². The van der Waals surface area contributed by atoms with Crippen LogP contribution < -0.4 is 0 Å². The minimum atomic E-state index is -0.411. The van der Waals surface area contributed by atoms with Gasteiger partial charge >= 0.3 is 0 Å². The van der Waals surface area contributed by atoms with Crippen LogP contribution in [0.4, 0.5) is 4.39 Å². The van der Waals surface area contributed by atoms with Gasteiger partial charge in [-0.05, 0) is 42.0 Å². The van der Waals surface area contributed by atoms with E-state index in [9.17, 15) is 9.50 Å². The van der Waals surface area contributed by atoms with E-state index in [-0.39, 0.29) is 5.75 Å². The highest BCUT2D eigenvalue weighted by atomic mass is 79.9. The van der Waals surface area contributed by atoms with Crippen LogP contribution in [0.1, 0.15) is 0 Å². The van der Waals surface area contributed by atoms with E-state index in [4.69, 9.17) is 0 Å². The van der Waals surface area contributed by atoms with E-state index in [1.54, 1.807) is 6.07 Å². The Bertz CT molecular complexity index is 753. The summed E-state index contributed by atoms with van der Waals surface area (Å²) in [6.07, 6.45) is 0. The number of rotatable bonds is 2. The number of phenolic OH excluding ortho intramolecular Hbond substituents is 1. The number of nitrogens with zero attached hydrogens (tertiary/aromatic N) is 1. The third-order valence-electron chi connectivity index (χ3n) is 2.97. The van der Waals surface area contributed by atoms with E-state index in [0.717, 1.165) is 15.7 Å². The summed E-state index contributed by atoms with van der Waals surface area (Å²) in [5.41, 5.74) is 2.63. The average molecular weight is 333 g/mol. The molecule has 0 aliphatic heterocycles. The van der Waals surface area contributed by atoms with Gasteiger partial charge in [0, 0.05) is 10.0 Å².